The molecule has 31 heavy (non-hydrogen) atoms. The first-order chi connectivity index (χ1) is 14.8. The predicted molar refractivity (Wildman–Crippen MR) is 113 cm³/mol. The van der Waals surface area contributed by atoms with Crippen LogP contribution in [0.4, 0.5) is 13.2 Å². The minimum atomic E-state index is -4.59. The van der Waals surface area contributed by atoms with E-state index in [4.69, 9.17) is 0 Å². The van der Waals surface area contributed by atoms with Crippen molar-refractivity contribution in [3.8, 4) is 0 Å². The average Bonchev–Trinajstić information content (AvgIpc) is 2.75. The number of alkyl halides is 3. The average molecular weight is 424 g/mol. The van der Waals surface area contributed by atoms with E-state index in [-0.39, 0.29) is 17.5 Å². The molecule has 4 nitrogen and oxygen atoms in total. The van der Waals surface area contributed by atoms with Gasteiger partial charge in [0.1, 0.15) is 0 Å². The summed E-state index contributed by atoms with van der Waals surface area (Å²) >= 11 is 0. The molecule has 0 aliphatic rings. The zero-order chi connectivity index (χ0) is 22.2. The van der Waals surface area contributed by atoms with Crippen molar-refractivity contribution in [2.45, 2.75) is 26.2 Å². The van der Waals surface area contributed by atoms with Crippen molar-refractivity contribution < 1.29 is 13.2 Å². The number of para-hydroxylation sites is 1. The van der Waals surface area contributed by atoms with Gasteiger partial charge in [-0.25, -0.2) is 4.79 Å². The lowest BCUT2D eigenvalue weighted by Crippen LogP contribution is -2.40. The van der Waals surface area contributed by atoms with Crippen LogP contribution in [0, 0.1) is 6.92 Å². The van der Waals surface area contributed by atoms with Crippen LogP contribution in [0.5, 0.6) is 0 Å². The number of rotatable bonds is 4. The van der Waals surface area contributed by atoms with Gasteiger partial charge in [-0.1, -0.05) is 60.2 Å². The van der Waals surface area contributed by atoms with Gasteiger partial charge in [0.25, 0.3) is 5.56 Å². The van der Waals surface area contributed by atoms with Gasteiger partial charge in [0.15, 0.2) is 0 Å². The molecule has 0 N–H and O–H groups in total. The Morgan fingerprint density at radius 2 is 1.42 bits per heavy atom. The Labute approximate surface area is 175 Å². The highest BCUT2D eigenvalue weighted by molar-refractivity contribution is 5.78. The third kappa shape index (κ3) is 4.03. The highest BCUT2D eigenvalue weighted by Gasteiger charge is 2.33. The molecule has 0 saturated carbocycles. The number of hydrogen-bond acceptors (Lipinski definition) is 2. The Kier molecular flexibility index (Phi) is 5.27. The van der Waals surface area contributed by atoms with E-state index in [2.05, 4.69) is 0 Å². The van der Waals surface area contributed by atoms with Crippen LogP contribution in [0.3, 0.4) is 0 Å². The Morgan fingerprint density at radius 3 is 2.13 bits per heavy atom. The molecule has 0 atom stereocenters. The molecule has 1 aromatic heterocycles. The van der Waals surface area contributed by atoms with E-state index in [1.54, 1.807) is 24.3 Å². The monoisotopic (exact) mass is 424 g/mol. The molecular formula is C24H19F3N2O2. The van der Waals surface area contributed by atoms with Gasteiger partial charge in [0, 0.05) is 0 Å². The van der Waals surface area contributed by atoms with Gasteiger partial charge >= 0.3 is 11.9 Å². The van der Waals surface area contributed by atoms with Crippen molar-refractivity contribution in [1.29, 1.82) is 0 Å². The molecule has 0 bridgehead atoms. The van der Waals surface area contributed by atoms with Crippen LogP contribution in [0.25, 0.3) is 10.9 Å². The van der Waals surface area contributed by atoms with Crippen molar-refractivity contribution in [2.75, 3.05) is 0 Å². The van der Waals surface area contributed by atoms with Crippen LogP contribution in [-0.2, 0) is 19.3 Å². The maximum absolute atomic E-state index is 13.4. The van der Waals surface area contributed by atoms with Crippen LogP contribution >= 0.6 is 0 Å². The van der Waals surface area contributed by atoms with Crippen molar-refractivity contribution in [1.82, 2.24) is 9.13 Å². The van der Waals surface area contributed by atoms with E-state index < -0.39 is 29.5 Å². The molecule has 4 rings (SSSR count). The first-order valence-corrected chi connectivity index (χ1v) is 9.69. The maximum atomic E-state index is 13.4. The fourth-order valence-corrected chi connectivity index (χ4v) is 3.64. The van der Waals surface area contributed by atoms with Gasteiger partial charge in [-0.15, -0.1) is 0 Å². The highest BCUT2D eigenvalue weighted by Crippen LogP contribution is 2.32. The second kappa shape index (κ2) is 7.91. The van der Waals surface area contributed by atoms with E-state index in [0.717, 1.165) is 21.8 Å². The van der Waals surface area contributed by atoms with Crippen LogP contribution in [-0.4, -0.2) is 9.13 Å². The molecule has 0 saturated heterocycles. The number of hydrogen-bond donors (Lipinski definition) is 0. The molecule has 4 aromatic rings. The summed E-state index contributed by atoms with van der Waals surface area (Å²) in [5.74, 6) is 0. The third-order valence-corrected chi connectivity index (χ3v) is 5.24. The topological polar surface area (TPSA) is 44.0 Å². The zero-order valence-corrected chi connectivity index (χ0v) is 16.7. The fourth-order valence-electron chi connectivity index (χ4n) is 3.64. The van der Waals surface area contributed by atoms with Gasteiger partial charge in [-0.3, -0.25) is 13.9 Å². The van der Waals surface area contributed by atoms with E-state index in [0.29, 0.717) is 5.52 Å². The quantitative estimate of drug-likeness (QED) is 0.481. The molecule has 0 amide bonds. The van der Waals surface area contributed by atoms with Crippen molar-refractivity contribution in [3.63, 3.8) is 0 Å². The summed E-state index contributed by atoms with van der Waals surface area (Å²) < 4.78 is 42.6. The summed E-state index contributed by atoms with van der Waals surface area (Å²) in [5, 5.41) is 0.277. The molecule has 0 radical (unpaired) electrons. The number of aryl methyl sites for hydroxylation is 1. The zero-order valence-electron chi connectivity index (χ0n) is 16.7. The first kappa shape index (κ1) is 20.7. The summed E-state index contributed by atoms with van der Waals surface area (Å²) in [5.41, 5.74) is 0.0942. The normalized spacial score (nSPS) is 11.7. The fraction of sp³-hybridized carbons (Fsp3) is 0.167. The van der Waals surface area contributed by atoms with Crippen LogP contribution in [0.15, 0.2) is 82.4 Å². The van der Waals surface area contributed by atoms with Gasteiger partial charge in [-0.2, -0.15) is 13.2 Å². The number of halogens is 3. The Morgan fingerprint density at radius 1 is 0.774 bits per heavy atom. The van der Waals surface area contributed by atoms with Gasteiger partial charge in [-0.05, 0) is 36.2 Å². The van der Waals surface area contributed by atoms with Gasteiger partial charge < -0.3 is 0 Å². The minimum Gasteiger partial charge on any atom is -0.289 e. The van der Waals surface area contributed by atoms with Crippen LogP contribution in [0.2, 0.25) is 0 Å². The molecule has 0 fully saturated rings. The number of aromatic nitrogens is 2. The summed E-state index contributed by atoms with van der Waals surface area (Å²) in [6, 6.07) is 19.2. The smallest absolute Gasteiger partial charge is 0.289 e. The predicted octanol–water partition coefficient (Wildman–Crippen LogP) is 4.59. The number of benzene rings is 3. The third-order valence-electron chi connectivity index (χ3n) is 5.24. The standard InChI is InChI=1S/C24H19F3N2O2/c1-16-10-12-17(13-11-16)14-28-21-9-5-3-7-19(21)22(30)29(23(28)31)15-18-6-2-4-8-20(18)24(25,26)27/h2-13H,14-15H2,1H3. The molecule has 7 heteroatoms. The molecule has 0 spiro atoms. The van der Waals surface area contributed by atoms with Gasteiger partial charge in [0.05, 0.1) is 29.6 Å². The van der Waals surface area contributed by atoms with E-state index in [1.165, 1.54) is 22.8 Å². The van der Waals surface area contributed by atoms with Crippen LogP contribution in [0.1, 0.15) is 22.3 Å². The second-order valence-electron chi connectivity index (χ2n) is 7.42. The molecule has 158 valence electrons. The Hall–Kier alpha value is -3.61. The molecule has 0 unspecified atom stereocenters. The molecular weight excluding hydrogens is 405 g/mol. The van der Waals surface area contributed by atoms with E-state index in [1.807, 2.05) is 31.2 Å². The Bertz CT molecular complexity index is 1370. The summed E-state index contributed by atoms with van der Waals surface area (Å²) in [7, 11) is 0. The van der Waals surface area contributed by atoms with E-state index in [9.17, 15) is 22.8 Å². The van der Waals surface area contributed by atoms with Crippen molar-refractivity contribution >= 4 is 10.9 Å². The van der Waals surface area contributed by atoms with E-state index >= 15 is 0 Å². The lowest BCUT2D eigenvalue weighted by molar-refractivity contribution is -0.138. The maximum Gasteiger partial charge on any atom is 0.416 e. The molecule has 3 aromatic carbocycles. The summed E-state index contributed by atoms with van der Waals surface area (Å²) in [6.07, 6.45) is -4.59. The lowest BCUT2D eigenvalue weighted by atomic mass is 10.1. The first-order valence-electron chi connectivity index (χ1n) is 9.69. The molecule has 0 aliphatic heterocycles. The second-order valence-corrected chi connectivity index (χ2v) is 7.42. The summed E-state index contributed by atoms with van der Waals surface area (Å²) in [6.45, 7) is 1.68. The van der Waals surface area contributed by atoms with Crippen molar-refractivity contribution in [3.05, 3.63) is 116 Å². The minimum absolute atomic E-state index is 0.133. The lowest BCUT2D eigenvalue weighted by Gasteiger charge is -2.16. The number of fused-ring (bicyclic) bond motifs is 1. The molecule has 0 aliphatic carbocycles. The largest absolute Gasteiger partial charge is 0.416 e. The SMILES string of the molecule is Cc1ccc(Cn2c(=O)n(Cc3ccccc3C(F)(F)F)c(=O)c3ccccc32)cc1. The Balaban J connectivity index is 1.90. The van der Waals surface area contributed by atoms with Crippen molar-refractivity contribution in [2.24, 2.45) is 0 Å². The van der Waals surface area contributed by atoms with Gasteiger partial charge in [0.2, 0.25) is 0 Å². The van der Waals surface area contributed by atoms with Crippen LogP contribution < -0.4 is 11.2 Å². The number of nitrogens with zero attached hydrogens (tertiary/aromatic N) is 2. The molecule has 1 heterocycles. The summed E-state index contributed by atoms with van der Waals surface area (Å²) in [4.78, 5) is 26.3. The highest BCUT2D eigenvalue weighted by atomic mass is 19.4.